The molecule has 0 spiro atoms. The zero-order valence-corrected chi connectivity index (χ0v) is 16.9. The van der Waals surface area contributed by atoms with Gasteiger partial charge in [-0.05, 0) is 56.3 Å². The smallest absolute Gasteiger partial charge is 0.191 e. The van der Waals surface area contributed by atoms with E-state index in [-0.39, 0.29) is 11.9 Å². The second-order valence-electron chi connectivity index (χ2n) is 7.15. The van der Waals surface area contributed by atoms with Crippen LogP contribution in [0.1, 0.15) is 36.2 Å². The third kappa shape index (κ3) is 5.78. The number of hydrogen-bond acceptors (Lipinski definition) is 3. The number of benzene rings is 1. The van der Waals surface area contributed by atoms with Crippen LogP contribution in [0.5, 0.6) is 0 Å². The van der Waals surface area contributed by atoms with Gasteiger partial charge in [0.2, 0.25) is 0 Å². The Morgan fingerprint density at radius 3 is 2.70 bits per heavy atom. The van der Waals surface area contributed by atoms with E-state index in [1.165, 1.54) is 4.88 Å². The van der Waals surface area contributed by atoms with Gasteiger partial charge in [-0.1, -0.05) is 24.3 Å². The van der Waals surface area contributed by atoms with Crippen molar-refractivity contribution in [1.29, 1.82) is 0 Å². The Labute approximate surface area is 165 Å². The second kappa shape index (κ2) is 9.85. The van der Waals surface area contributed by atoms with Crippen LogP contribution in [0, 0.1) is 11.7 Å². The highest BCUT2D eigenvalue weighted by Gasteiger charge is 2.20. The Balaban J connectivity index is 1.40. The number of rotatable bonds is 6. The monoisotopic (exact) mass is 388 g/mol. The van der Waals surface area contributed by atoms with Crippen LogP contribution in [0.3, 0.4) is 0 Å². The zero-order valence-electron chi connectivity index (χ0n) is 16.1. The van der Waals surface area contributed by atoms with Crippen molar-refractivity contribution in [3.8, 4) is 0 Å². The highest BCUT2D eigenvalue weighted by Crippen LogP contribution is 2.20. The molecule has 0 saturated carbocycles. The molecule has 1 aromatic carbocycles. The molecule has 0 radical (unpaired) electrons. The first-order valence-electron chi connectivity index (χ1n) is 9.62. The van der Waals surface area contributed by atoms with Crippen LogP contribution >= 0.6 is 11.3 Å². The lowest BCUT2D eigenvalue weighted by Gasteiger charge is -2.32. The van der Waals surface area contributed by atoms with Gasteiger partial charge in [0.05, 0.1) is 6.04 Å². The van der Waals surface area contributed by atoms with Gasteiger partial charge in [0.15, 0.2) is 5.96 Å². The number of nitrogens with one attached hydrogen (secondary N) is 2. The van der Waals surface area contributed by atoms with E-state index in [1.807, 2.05) is 19.2 Å². The molecule has 1 aromatic heterocycles. The van der Waals surface area contributed by atoms with Crippen molar-refractivity contribution in [1.82, 2.24) is 15.5 Å². The maximum Gasteiger partial charge on any atom is 0.191 e. The first kappa shape index (κ1) is 19.8. The van der Waals surface area contributed by atoms with Crippen LogP contribution in [0.15, 0.2) is 46.8 Å². The molecule has 2 heterocycles. The molecule has 1 atom stereocenters. The molecular weight excluding hydrogens is 359 g/mol. The molecule has 1 unspecified atom stereocenters. The van der Waals surface area contributed by atoms with Gasteiger partial charge < -0.3 is 10.6 Å². The number of halogens is 1. The molecule has 3 rings (SSSR count). The Morgan fingerprint density at radius 2 is 2.04 bits per heavy atom. The van der Waals surface area contributed by atoms with Gasteiger partial charge in [0.25, 0.3) is 0 Å². The number of thiophene rings is 1. The normalized spacial score (nSPS) is 17.7. The number of aliphatic imine (C=N–C) groups is 1. The van der Waals surface area contributed by atoms with Gasteiger partial charge >= 0.3 is 0 Å². The average Bonchev–Trinajstić information content (AvgIpc) is 3.23. The summed E-state index contributed by atoms with van der Waals surface area (Å²) >= 11 is 1.75. The first-order valence-corrected chi connectivity index (χ1v) is 10.5. The number of piperidine rings is 1. The van der Waals surface area contributed by atoms with Crippen LogP contribution in [0.2, 0.25) is 0 Å². The number of nitrogens with zero attached hydrogens (tertiary/aromatic N) is 2. The maximum atomic E-state index is 13.8. The standard InChI is InChI=1S/C21H29FN4S/c1-16(20-8-5-13-27-20)25-21(23-2)24-14-17-9-11-26(12-10-17)15-18-6-3-4-7-19(18)22/h3-8,13,16-17H,9-12,14-15H2,1-2H3,(H2,23,24,25). The molecule has 6 heteroatoms. The molecule has 1 fully saturated rings. The lowest BCUT2D eigenvalue weighted by atomic mass is 9.96. The molecule has 0 bridgehead atoms. The second-order valence-corrected chi connectivity index (χ2v) is 8.12. The molecule has 2 aromatic rings. The predicted molar refractivity (Wildman–Crippen MR) is 112 cm³/mol. The summed E-state index contributed by atoms with van der Waals surface area (Å²) in [5, 5.41) is 9.02. The Hall–Kier alpha value is -1.92. The fourth-order valence-electron chi connectivity index (χ4n) is 3.47. The van der Waals surface area contributed by atoms with Crippen LogP contribution < -0.4 is 10.6 Å². The van der Waals surface area contributed by atoms with E-state index in [4.69, 9.17) is 0 Å². The summed E-state index contributed by atoms with van der Waals surface area (Å²) in [7, 11) is 1.81. The third-order valence-electron chi connectivity index (χ3n) is 5.16. The van der Waals surface area contributed by atoms with Crippen LogP contribution in [0.4, 0.5) is 4.39 Å². The van der Waals surface area contributed by atoms with E-state index in [1.54, 1.807) is 23.5 Å². The minimum Gasteiger partial charge on any atom is -0.356 e. The van der Waals surface area contributed by atoms with Crippen molar-refractivity contribution in [2.24, 2.45) is 10.9 Å². The molecular formula is C21H29FN4S. The summed E-state index contributed by atoms with van der Waals surface area (Å²) in [4.78, 5) is 8.00. The van der Waals surface area contributed by atoms with Crippen molar-refractivity contribution in [3.63, 3.8) is 0 Å². The molecule has 1 saturated heterocycles. The van der Waals surface area contributed by atoms with E-state index in [0.29, 0.717) is 12.5 Å². The average molecular weight is 389 g/mol. The van der Waals surface area contributed by atoms with E-state index < -0.39 is 0 Å². The van der Waals surface area contributed by atoms with Crippen molar-refractivity contribution in [2.45, 2.75) is 32.4 Å². The fraction of sp³-hybridized carbons (Fsp3) is 0.476. The molecule has 1 aliphatic rings. The Morgan fingerprint density at radius 1 is 1.26 bits per heavy atom. The lowest BCUT2D eigenvalue weighted by Crippen LogP contribution is -2.43. The SMILES string of the molecule is CN=C(NCC1CCN(Cc2ccccc2F)CC1)NC(C)c1cccs1. The van der Waals surface area contributed by atoms with Gasteiger partial charge in [0, 0.05) is 30.6 Å². The first-order chi connectivity index (χ1) is 13.2. The van der Waals surface area contributed by atoms with E-state index in [9.17, 15) is 4.39 Å². The summed E-state index contributed by atoms with van der Waals surface area (Å²) in [6, 6.07) is 11.5. The topological polar surface area (TPSA) is 39.7 Å². The highest BCUT2D eigenvalue weighted by atomic mass is 32.1. The number of likely N-dealkylation sites (tertiary alicyclic amines) is 1. The molecule has 1 aliphatic heterocycles. The zero-order chi connectivity index (χ0) is 19.1. The van der Waals surface area contributed by atoms with Gasteiger partial charge in [-0.3, -0.25) is 9.89 Å². The van der Waals surface area contributed by atoms with Gasteiger partial charge in [-0.25, -0.2) is 4.39 Å². The fourth-order valence-corrected chi connectivity index (χ4v) is 4.20. The highest BCUT2D eigenvalue weighted by molar-refractivity contribution is 7.10. The molecule has 2 N–H and O–H groups in total. The molecule has 0 aliphatic carbocycles. The molecule has 4 nitrogen and oxygen atoms in total. The van der Waals surface area contributed by atoms with E-state index in [2.05, 4.69) is 45.0 Å². The summed E-state index contributed by atoms with van der Waals surface area (Å²) in [6.45, 7) is 5.80. The molecule has 146 valence electrons. The number of guanidine groups is 1. The minimum atomic E-state index is -0.101. The van der Waals surface area contributed by atoms with Crippen LogP contribution in [-0.2, 0) is 6.54 Å². The quantitative estimate of drug-likeness (QED) is 0.580. The third-order valence-corrected chi connectivity index (χ3v) is 6.22. The van der Waals surface area contributed by atoms with Crippen molar-refractivity contribution < 1.29 is 4.39 Å². The predicted octanol–water partition coefficient (Wildman–Crippen LogP) is 4.03. The Kier molecular flexibility index (Phi) is 7.24. The molecule has 27 heavy (non-hydrogen) atoms. The van der Waals surface area contributed by atoms with Crippen molar-refractivity contribution in [3.05, 3.63) is 58.0 Å². The van der Waals surface area contributed by atoms with Gasteiger partial charge in [0.1, 0.15) is 5.82 Å². The minimum absolute atomic E-state index is 0.101. The maximum absolute atomic E-state index is 13.8. The largest absolute Gasteiger partial charge is 0.356 e. The summed E-state index contributed by atoms with van der Waals surface area (Å²) < 4.78 is 13.8. The summed E-state index contributed by atoms with van der Waals surface area (Å²) in [5.74, 6) is 1.37. The Bertz CT molecular complexity index is 724. The van der Waals surface area contributed by atoms with Gasteiger partial charge in [-0.2, -0.15) is 0 Å². The van der Waals surface area contributed by atoms with Gasteiger partial charge in [-0.15, -0.1) is 11.3 Å². The van der Waals surface area contributed by atoms with Crippen molar-refractivity contribution in [2.75, 3.05) is 26.7 Å². The van der Waals surface area contributed by atoms with E-state index in [0.717, 1.165) is 44.0 Å². The van der Waals surface area contributed by atoms with Crippen LogP contribution in [0.25, 0.3) is 0 Å². The summed E-state index contributed by atoms with van der Waals surface area (Å²) in [6.07, 6.45) is 2.25. The molecule has 0 amide bonds. The van der Waals surface area contributed by atoms with Crippen molar-refractivity contribution >= 4 is 17.3 Å². The summed E-state index contributed by atoms with van der Waals surface area (Å²) in [5.41, 5.74) is 0.793. The number of hydrogen-bond donors (Lipinski definition) is 2. The van der Waals surface area contributed by atoms with E-state index >= 15 is 0 Å². The lowest BCUT2D eigenvalue weighted by molar-refractivity contribution is 0.176. The van der Waals surface area contributed by atoms with Crippen LogP contribution in [-0.4, -0.2) is 37.5 Å².